The fraction of sp³-hybridized carbons (Fsp3) is 0.312. The standard InChI is InChI=1S/C16H16N4OS/c1-11-18-14(10-22-11)16(21)20(12-5-6-12)9-13-8-17-15-4-2-3-7-19(13)15/h2-4,7-8,10,12H,5-6,9H2,1H3. The van der Waals surface area contributed by atoms with Gasteiger partial charge in [-0.1, -0.05) is 6.07 Å². The van der Waals surface area contributed by atoms with Gasteiger partial charge < -0.3 is 9.30 Å². The molecule has 0 N–H and O–H groups in total. The lowest BCUT2D eigenvalue weighted by Crippen LogP contribution is -2.33. The van der Waals surface area contributed by atoms with Crippen LogP contribution < -0.4 is 0 Å². The van der Waals surface area contributed by atoms with Gasteiger partial charge in [0.05, 0.1) is 23.4 Å². The summed E-state index contributed by atoms with van der Waals surface area (Å²) in [7, 11) is 0. The Morgan fingerprint density at radius 1 is 1.45 bits per heavy atom. The summed E-state index contributed by atoms with van der Waals surface area (Å²) in [6.45, 7) is 2.50. The maximum absolute atomic E-state index is 12.7. The van der Waals surface area contributed by atoms with E-state index in [0.717, 1.165) is 29.2 Å². The molecule has 3 aromatic heterocycles. The molecule has 1 aliphatic rings. The van der Waals surface area contributed by atoms with Crippen molar-refractivity contribution in [2.45, 2.75) is 32.4 Å². The second kappa shape index (κ2) is 5.21. The van der Waals surface area contributed by atoms with Gasteiger partial charge in [-0.2, -0.15) is 0 Å². The fourth-order valence-corrected chi connectivity index (χ4v) is 3.23. The van der Waals surface area contributed by atoms with E-state index in [-0.39, 0.29) is 5.91 Å². The van der Waals surface area contributed by atoms with Crippen molar-refractivity contribution < 1.29 is 4.79 Å². The lowest BCUT2D eigenvalue weighted by Gasteiger charge is -2.21. The van der Waals surface area contributed by atoms with Gasteiger partial charge in [-0.05, 0) is 31.9 Å². The Bertz CT molecular complexity index is 833. The predicted octanol–water partition coefficient (Wildman–Crippen LogP) is 2.90. The van der Waals surface area contributed by atoms with Crippen molar-refractivity contribution in [2.24, 2.45) is 0 Å². The number of aryl methyl sites for hydroxylation is 1. The summed E-state index contributed by atoms with van der Waals surface area (Å²) in [5.74, 6) is 0.0257. The molecular formula is C16H16N4OS. The van der Waals surface area contributed by atoms with Crippen LogP contribution in [0.25, 0.3) is 5.65 Å². The van der Waals surface area contributed by atoms with E-state index in [4.69, 9.17) is 0 Å². The molecule has 1 fully saturated rings. The average molecular weight is 312 g/mol. The smallest absolute Gasteiger partial charge is 0.273 e. The minimum Gasteiger partial charge on any atom is -0.328 e. The Labute approximate surface area is 132 Å². The maximum Gasteiger partial charge on any atom is 0.273 e. The Hall–Kier alpha value is -2.21. The van der Waals surface area contributed by atoms with E-state index in [9.17, 15) is 4.79 Å². The molecule has 0 unspecified atom stereocenters. The van der Waals surface area contributed by atoms with Crippen LogP contribution >= 0.6 is 11.3 Å². The quantitative estimate of drug-likeness (QED) is 0.744. The summed E-state index contributed by atoms with van der Waals surface area (Å²) in [4.78, 5) is 23.4. The molecule has 0 spiro atoms. The van der Waals surface area contributed by atoms with Gasteiger partial charge in [0.2, 0.25) is 0 Å². The van der Waals surface area contributed by atoms with Gasteiger partial charge in [0, 0.05) is 17.6 Å². The highest BCUT2D eigenvalue weighted by Crippen LogP contribution is 2.30. The molecule has 0 saturated heterocycles. The molecule has 0 atom stereocenters. The summed E-state index contributed by atoms with van der Waals surface area (Å²) < 4.78 is 2.04. The van der Waals surface area contributed by atoms with Gasteiger partial charge in [0.1, 0.15) is 11.3 Å². The molecule has 1 amide bonds. The lowest BCUT2D eigenvalue weighted by atomic mass is 10.3. The molecule has 1 saturated carbocycles. The number of aromatic nitrogens is 3. The first-order valence-corrected chi connectivity index (χ1v) is 8.24. The molecule has 6 heteroatoms. The van der Waals surface area contributed by atoms with Gasteiger partial charge in [0.15, 0.2) is 0 Å². The van der Waals surface area contributed by atoms with Crippen LogP contribution in [0.2, 0.25) is 0 Å². The third-order valence-electron chi connectivity index (χ3n) is 3.91. The van der Waals surface area contributed by atoms with Crippen LogP contribution in [0.3, 0.4) is 0 Å². The van der Waals surface area contributed by atoms with Crippen LogP contribution in [0.1, 0.15) is 34.0 Å². The summed E-state index contributed by atoms with van der Waals surface area (Å²) in [5.41, 5.74) is 2.50. The van der Waals surface area contributed by atoms with Gasteiger partial charge >= 0.3 is 0 Å². The second-order valence-electron chi connectivity index (χ2n) is 5.59. The van der Waals surface area contributed by atoms with Gasteiger partial charge in [-0.15, -0.1) is 11.3 Å². The Kier molecular flexibility index (Phi) is 3.18. The number of hydrogen-bond donors (Lipinski definition) is 0. The molecule has 0 bridgehead atoms. The summed E-state index contributed by atoms with van der Waals surface area (Å²) in [6, 6.07) is 6.25. The summed E-state index contributed by atoms with van der Waals surface area (Å²) in [5, 5.41) is 2.77. The second-order valence-corrected chi connectivity index (χ2v) is 6.66. The number of carbonyl (C=O) groups excluding carboxylic acids is 1. The molecule has 3 aromatic rings. The largest absolute Gasteiger partial charge is 0.328 e. The number of carbonyl (C=O) groups is 1. The van der Waals surface area contributed by atoms with Crippen LogP contribution in [0.4, 0.5) is 0 Å². The highest BCUT2D eigenvalue weighted by atomic mass is 32.1. The third-order valence-corrected chi connectivity index (χ3v) is 4.69. The number of thiazole rings is 1. The zero-order chi connectivity index (χ0) is 15.1. The van der Waals surface area contributed by atoms with E-state index in [1.807, 2.05) is 52.2 Å². The van der Waals surface area contributed by atoms with Gasteiger partial charge in [0.25, 0.3) is 5.91 Å². The molecule has 1 aliphatic carbocycles. The van der Waals surface area contributed by atoms with E-state index in [1.165, 1.54) is 11.3 Å². The predicted molar refractivity (Wildman–Crippen MR) is 84.9 cm³/mol. The average Bonchev–Trinajstić information content (AvgIpc) is 3.15. The van der Waals surface area contributed by atoms with Crippen molar-refractivity contribution in [1.29, 1.82) is 0 Å². The van der Waals surface area contributed by atoms with Gasteiger partial charge in [-0.3, -0.25) is 4.79 Å². The molecule has 0 aromatic carbocycles. The number of pyridine rings is 1. The number of hydrogen-bond acceptors (Lipinski definition) is 4. The molecule has 0 aliphatic heterocycles. The van der Waals surface area contributed by atoms with E-state index in [2.05, 4.69) is 9.97 Å². The van der Waals surface area contributed by atoms with Gasteiger partial charge in [-0.25, -0.2) is 9.97 Å². The Morgan fingerprint density at radius 2 is 2.32 bits per heavy atom. The van der Waals surface area contributed by atoms with Crippen LogP contribution in [-0.4, -0.2) is 31.2 Å². The van der Waals surface area contributed by atoms with Crippen molar-refractivity contribution in [1.82, 2.24) is 19.3 Å². The fourth-order valence-electron chi connectivity index (χ4n) is 2.64. The minimum atomic E-state index is 0.0257. The van der Waals surface area contributed by atoms with E-state index in [0.29, 0.717) is 18.3 Å². The summed E-state index contributed by atoms with van der Waals surface area (Å²) >= 11 is 1.52. The Morgan fingerprint density at radius 3 is 3.05 bits per heavy atom. The maximum atomic E-state index is 12.7. The first-order chi connectivity index (χ1) is 10.7. The first-order valence-electron chi connectivity index (χ1n) is 7.36. The lowest BCUT2D eigenvalue weighted by molar-refractivity contribution is 0.0722. The van der Waals surface area contributed by atoms with Crippen LogP contribution in [0.5, 0.6) is 0 Å². The minimum absolute atomic E-state index is 0.0257. The molecule has 112 valence electrons. The zero-order valence-electron chi connectivity index (χ0n) is 12.3. The molecule has 22 heavy (non-hydrogen) atoms. The van der Waals surface area contributed by atoms with Crippen molar-refractivity contribution in [3.8, 4) is 0 Å². The Balaban J connectivity index is 1.64. The number of fused-ring (bicyclic) bond motifs is 1. The third kappa shape index (κ3) is 2.39. The van der Waals surface area contributed by atoms with E-state index < -0.39 is 0 Å². The van der Waals surface area contributed by atoms with E-state index in [1.54, 1.807) is 0 Å². The van der Waals surface area contributed by atoms with Crippen molar-refractivity contribution in [2.75, 3.05) is 0 Å². The normalized spacial score (nSPS) is 14.4. The van der Waals surface area contributed by atoms with Crippen molar-refractivity contribution in [3.63, 3.8) is 0 Å². The molecular weight excluding hydrogens is 296 g/mol. The molecule has 0 radical (unpaired) electrons. The number of nitrogens with zero attached hydrogens (tertiary/aromatic N) is 4. The van der Waals surface area contributed by atoms with E-state index >= 15 is 0 Å². The zero-order valence-corrected chi connectivity index (χ0v) is 13.1. The molecule has 4 rings (SSSR count). The molecule has 3 heterocycles. The molecule has 5 nitrogen and oxygen atoms in total. The number of amides is 1. The van der Waals surface area contributed by atoms with Crippen LogP contribution in [-0.2, 0) is 6.54 Å². The number of rotatable bonds is 4. The SMILES string of the molecule is Cc1nc(C(=O)N(Cc2cnc3ccccn23)C2CC2)cs1. The monoisotopic (exact) mass is 312 g/mol. The number of imidazole rings is 1. The summed E-state index contributed by atoms with van der Waals surface area (Å²) in [6.07, 6.45) is 5.99. The van der Waals surface area contributed by atoms with Crippen LogP contribution in [0.15, 0.2) is 36.0 Å². The van der Waals surface area contributed by atoms with Crippen molar-refractivity contribution >= 4 is 22.9 Å². The topological polar surface area (TPSA) is 50.5 Å². The highest BCUT2D eigenvalue weighted by molar-refractivity contribution is 7.09. The first kappa shape index (κ1) is 13.5. The van der Waals surface area contributed by atoms with Crippen molar-refractivity contribution in [3.05, 3.63) is 52.4 Å². The van der Waals surface area contributed by atoms with Crippen LogP contribution in [0, 0.1) is 6.92 Å². The highest BCUT2D eigenvalue weighted by Gasteiger charge is 2.34.